The van der Waals surface area contributed by atoms with Gasteiger partial charge in [0.15, 0.2) is 0 Å². The van der Waals surface area contributed by atoms with Gasteiger partial charge in [0.05, 0.1) is 5.60 Å². The van der Waals surface area contributed by atoms with E-state index in [1.807, 2.05) is 0 Å². The summed E-state index contributed by atoms with van der Waals surface area (Å²) < 4.78 is 0. The van der Waals surface area contributed by atoms with Gasteiger partial charge in [0.2, 0.25) is 0 Å². The van der Waals surface area contributed by atoms with E-state index in [2.05, 4.69) is 27.4 Å². The summed E-state index contributed by atoms with van der Waals surface area (Å²) in [4.78, 5) is 0. The second-order valence-corrected chi connectivity index (χ2v) is 6.73. The zero-order valence-electron chi connectivity index (χ0n) is 11.1. The van der Waals surface area contributed by atoms with Crippen LogP contribution in [0.5, 0.6) is 0 Å². The summed E-state index contributed by atoms with van der Waals surface area (Å²) in [5, 5.41) is 10.6. The summed E-state index contributed by atoms with van der Waals surface area (Å²) in [6, 6.07) is 0. The van der Waals surface area contributed by atoms with Gasteiger partial charge in [-0.05, 0) is 63.2 Å². The maximum Gasteiger partial charge on any atom is 0.0653 e. The molecule has 2 fully saturated rings. The van der Waals surface area contributed by atoms with E-state index < -0.39 is 5.60 Å². The van der Waals surface area contributed by atoms with Crippen LogP contribution in [0.25, 0.3) is 0 Å². The third-order valence-electron chi connectivity index (χ3n) is 5.30. The minimum absolute atomic E-state index is 0.383. The molecule has 0 aromatic carbocycles. The smallest absolute Gasteiger partial charge is 0.0653 e. The Balaban J connectivity index is 2.21. The maximum atomic E-state index is 10.6. The second-order valence-electron chi connectivity index (χ2n) is 6.73. The average molecular weight is 222 g/mol. The Morgan fingerprint density at radius 2 is 1.94 bits per heavy atom. The first-order chi connectivity index (χ1) is 7.35. The molecule has 2 aliphatic rings. The predicted molar refractivity (Wildman–Crippen MR) is 68.2 cm³/mol. The van der Waals surface area contributed by atoms with Crippen molar-refractivity contribution in [1.29, 1.82) is 0 Å². The zero-order chi connectivity index (χ0) is 12.0. The highest BCUT2D eigenvalue weighted by molar-refractivity contribution is 5.07. The number of hydrogen-bond acceptors (Lipinski definition) is 1. The molecule has 0 aliphatic heterocycles. The van der Waals surface area contributed by atoms with E-state index in [9.17, 15) is 5.11 Å². The summed E-state index contributed by atoms with van der Waals surface area (Å²) in [6.45, 7) is 10.7. The van der Waals surface area contributed by atoms with Gasteiger partial charge in [-0.3, -0.25) is 0 Å². The van der Waals surface area contributed by atoms with Crippen molar-refractivity contribution in [1.82, 2.24) is 0 Å². The number of rotatable bonds is 1. The molecule has 0 amide bonds. The molecule has 1 heteroatoms. The van der Waals surface area contributed by atoms with Crippen LogP contribution >= 0.6 is 0 Å². The van der Waals surface area contributed by atoms with Gasteiger partial charge in [0.1, 0.15) is 0 Å². The van der Waals surface area contributed by atoms with Crippen LogP contribution in [0.1, 0.15) is 59.3 Å². The van der Waals surface area contributed by atoms with Gasteiger partial charge in [-0.1, -0.05) is 25.5 Å². The second kappa shape index (κ2) is 3.87. The molecule has 0 saturated heterocycles. The van der Waals surface area contributed by atoms with E-state index in [4.69, 9.17) is 0 Å². The van der Waals surface area contributed by atoms with Crippen LogP contribution in [0, 0.1) is 17.3 Å². The third-order valence-corrected chi connectivity index (χ3v) is 5.30. The monoisotopic (exact) mass is 222 g/mol. The summed E-state index contributed by atoms with van der Waals surface area (Å²) in [5.74, 6) is 1.12. The molecule has 2 saturated carbocycles. The first-order valence-electron chi connectivity index (χ1n) is 6.73. The van der Waals surface area contributed by atoms with E-state index in [0.29, 0.717) is 17.3 Å². The molecule has 0 unspecified atom stereocenters. The van der Waals surface area contributed by atoms with Gasteiger partial charge < -0.3 is 5.11 Å². The van der Waals surface area contributed by atoms with Crippen molar-refractivity contribution in [3.05, 3.63) is 12.2 Å². The van der Waals surface area contributed by atoms with E-state index in [1.54, 1.807) is 0 Å². The van der Waals surface area contributed by atoms with Crippen LogP contribution in [-0.4, -0.2) is 10.7 Å². The molecule has 1 N–H and O–H groups in total. The standard InChI is InChI=1S/C15H26O/c1-11(2)12-6-9-14(3)7-5-8-15(4,16)13(14)10-12/h12-13,16H,1,5-10H2,2-4H3/t12-,13-,14-,15-/m0/s1. The fraction of sp³-hybridized carbons (Fsp3) is 0.867. The molecule has 0 aromatic rings. The van der Waals surface area contributed by atoms with Crippen LogP contribution < -0.4 is 0 Å². The Hall–Kier alpha value is -0.300. The average Bonchev–Trinajstić information content (AvgIpc) is 2.15. The summed E-state index contributed by atoms with van der Waals surface area (Å²) in [5.41, 5.74) is 1.25. The van der Waals surface area contributed by atoms with Gasteiger partial charge in [0, 0.05) is 0 Å². The van der Waals surface area contributed by atoms with Crippen molar-refractivity contribution >= 4 is 0 Å². The molecule has 0 bridgehead atoms. The molecule has 2 rings (SSSR count). The Kier molecular flexibility index (Phi) is 2.94. The minimum atomic E-state index is -0.443. The largest absolute Gasteiger partial charge is 0.390 e. The molecule has 0 aromatic heterocycles. The molecule has 1 nitrogen and oxygen atoms in total. The zero-order valence-corrected chi connectivity index (χ0v) is 11.1. The van der Waals surface area contributed by atoms with E-state index in [1.165, 1.54) is 31.3 Å². The van der Waals surface area contributed by atoms with Gasteiger partial charge in [0.25, 0.3) is 0 Å². The summed E-state index contributed by atoms with van der Waals surface area (Å²) in [6.07, 6.45) is 7.17. The molecule has 0 spiro atoms. The van der Waals surface area contributed by atoms with Crippen LogP contribution in [0.3, 0.4) is 0 Å². The number of hydrogen-bond donors (Lipinski definition) is 1. The van der Waals surface area contributed by atoms with Crippen molar-refractivity contribution in [2.45, 2.75) is 64.9 Å². The van der Waals surface area contributed by atoms with Gasteiger partial charge in [-0.25, -0.2) is 0 Å². The number of allylic oxidation sites excluding steroid dienone is 1. The highest BCUT2D eigenvalue weighted by Crippen LogP contribution is 2.56. The van der Waals surface area contributed by atoms with Crippen LogP contribution in [0.2, 0.25) is 0 Å². The minimum Gasteiger partial charge on any atom is -0.390 e. The highest BCUT2D eigenvalue weighted by Gasteiger charge is 2.50. The molecule has 0 radical (unpaired) electrons. The number of fused-ring (bicyclic) bond motifs is 1. The van der Waals surface area contributed by atoms with Crippen molar-refractivity contribution in [3.63, 3.8) is 0 Å². The fourth-order valence-electron chi connectivity index (χ4n) is 4.14. The normalized spacial score (nSPS) is 48.5. The SMILES string of the molecule is C=C(C)[C@H]1CC[C@]2(C)CCC[C@](C)(O)[C@H]2C1. The molecule has 92 valence electrons. The predicted octanol–water partition coefficient (Wildman–Crippen LogP) is 3.92. The molecule has 4 atom stereocenters. The maximum absolute atomic E-state index is 10.6. The van der Waals surface area contributed by atoms with Crippen molar-refractivity contribution < 1.29 is 5.11 Å². The quantitative estimate of drug-likeness (QED) is 0.667. The lowest BCUT2D eigenvalue weighted by molar-refractivity contribution is -0.120. The van der Waals surface area contributed by atoms with Crippen molar-refractivity contribution in [2.24, 2.45) is 17.3 Å². The fourth-order valence-corrected chi connectivity index (χ4v) is 4.14. The van der Waals surface area contributed by atoms with Crippen LogP contribution in [0.15, 0.2) is 12.2 Å². The topological polar surface area (TPSA) is 20.2 Å². The van der Waals surface area contributed by atoms with E-state index in [0.717, 1.165) is 12.8 Å². The van der Waals surface area contributed by atoms with Crippen LogP contribution in [0.4, 0.5) is 0 Å². The summed E-state index contributed by atoms with van der Waals surface area (Å²) >= 11 is 0. The molecular formula is C15H26O. The lowest BCUT2D eigenvalue weighted by Gasteiger charge is -2.54. The Bertz CT molecular complexity index is 292. The molecule has 0 heterocycles. The third kappa shape index (κ3) is 1.95. The van der Waals surface area contributed by atoms with Crippen molar-refractivity contribution in [3.8, 4) is 0 Å². The lowest BCUT2D eigenvalue weighted by atomic mass is 9.53. The first kappa shape index (κ1) is 12.2. The molecular weight excluding hydrogens is 196 g/mol. The Morgan fingerprint density at radius 1 is 1.25 bits per heavy atom. The summed E-state index contributed by atoms with van der Waals surface area (Å²) in [7, 11) is 0. The van der Waals surface area contributed by atoms with Gasteiger partial charge in [-0.15, -0.1) is 0 Å². The first-order valence-corrected chi connectivity index (χ1v) is 6.73. The van der Waals surface area contributed by atoms with Gasteiger partial charge >= 0.3 is 0 Å². The molecule has 2 aliphatic carbocycles. The van der Waals surface area contributed by atoms with E-state index >= 15 is 0 Å². The van der Waals surface area contributed by atoms with Gasteiger partial charge in [-0.2, -0.15) is 0 Å². The Labute approximate surface area is 99.9 Å². The number of aliphatic hydroxyl groups is 1. The Morgan fingerprint density at radius 3 is 2.56 bits per heavy atom. The van der Waals surface area contributed by atoms with E-state index in [-0.39, 0.29) is 0 Å². The van der Waals surface area contributed by atoms with Crippen LogP contribution in [-0.2, 0) is 0 Å². The highest BCUT2D eigenvalue weighted by atomic mass is 16.3. The lowest BCUT2D eigenvalue weighted by Crippen LogP contribution is -2.51. The van der Waals surface area contributed by atoms with Crippen molar-refractivity contribution in [2.75, 3.05) is 0 Å². The molecule has 16 heavy (non-hydrogen) atoms.